The Labute approximate surface area is 243 Å². The van der Waals surface area contributed by atoms with Crippen molar-refractivity contribution in [1.82, 2.24) is 34.7 Å². The number of alkyl halides is 6. The van der Waals surface area contributed by atoms with Crippen LogP contribution in [-0.2, 0) is 4.79 Å². The summed E-state index contributed by atoms with van der Waals surface area (Å²) in [5.74, 6) is -6.92. The highest BCUT2D eigenvalue weighted by Gasteiger charge is 2.58. The molecule has 2 aliphatic rings. The molecule has 19 heteroatoms. The number of halogens is 6. The molecule has 0 aliphatic carbocycles. The molecule has 44 heavy (non-hydrogen) atoms. The van der Waals surface area contributed by atoms with Crippen molar-refractivity contribution in [3.63, 3.8) is 0 Å². The quantitative estimate of drug-likeness (QED) is 0.338. The molecule has 4 N–H and O–H groups in total. The van der Waals surface area contributed by atoms with Gasteiger partial charge in [0.15, 0.2) is 5.82 Å². The fourth-order valence-corrected chi connectivity index (χ4v) is 4.92. The van der Waals surface area contributed by atoms with Crippen molar-refractivity contribution < 1.29 is 50.6 Å². The molecule has 0 bridgehead atoms. The van der Waals surface area contributed by atoms with Crippen LogP contribution in [0.2, 0.25) is 0 Å². The van der Waals surface area contributed by atoms with Gasteiger partial charge in [0.25, 0.3) is 23.6 Å². The molecule has 0 spiro atoms. The molecule has 0 radical (unpaired) electrons. The Hall–Kier alpha value is -4.68. The van der Waals surface area contributed by atoms with E-state index in [4.69, 9.17) is 10.5 Å². The van der Waals surface area contributed by atoms with E-state index in [1.54, 1.807) is 0 Å². The first-order chi connectivity index (χ1) is 20.4. The van der Waals surface area contributed by atoms with Crippen molar-refractivity contribution in [1.29, 1.82) is 0 Å². The summed E-state index contributed by atoms with van der Waals surface area (Å²) in [5, 5.41) is 16.1. The Morgan fingerprint density at radius 1 is 1.11 bits per heavy atom. The second-order valence-electron chi connectivity index (χ2n) is 10.5. The Morgan fingerprint density at radius 3 is 2.41 bits per heavy atom. The average Bonchev–Trinajstić information content (AvgIpc) is 3.51. The van der Waals surface area contributed by atoms with Crippen LogP contribution in [0.25, 0.3) is 16.8 Å². The van der Waals surface area contributed by atoms with E-state index in [0.717, 1.165) is 11.2 Å². The Kier molecular flexibility index (Phi) is 7.34. The molecule has 2 saturated heterocycles. The topological polar surface area (TPSA) is 168 Å². The number of nitrogens with zero attached hydrogens (tertiary/aromatic N) is 6. The number of nitrogen functional groups attached to an aromatic ring is 1. The number of aliphatic hydroxyl groups is 1. The largest absolute Gasteiger partial charge is 0.480 e. The highest BCUT2D eigenvalue weighted by molar-refractivity contribution is 6.06. The standard InChI is InChI=1S/C25H24F6N8O5/c1-23(43,25(29,30)31)22(42)37-6-14(26)15(7-37)36-19(40)13-3-11(5-33-20(13)44-2)16-4-12(17-18(32)34-10-35-39(16)17)21(41)38-8-24(27,28)9-38/h3-5,10,14-15,43H,6-9H2,1-2H3,(H,36,40)(H2,32,34,35)/t14-,15+,23?/m0/s1. The Morgan fingerprint density at radius 2 is 1.80 bits per heavy atom. The van der Waals surface area contributed by atoms with Crippen molar-refractivity contribution in [3.05, 3.63) is 35.8 Å². The smallest absolute Gasteiger partial charge is 0.426 e. The lowest BCUT2D eigenvalue weighted by molar-refractivity contribution is -0.249. The van der Waals surface area contributed by atoms with Gasteiger partial charge in [0, 0.05) is 18.3 Å². The number of aromatic nitrogens is 4. The van der Waals surface area contributed by atoms with Gasteiger partial charge in [-0.1, -0.05) is 0 Å². The minimum Gasteiger partial charge on any atom is -0.480 e. The lowest BCUT2D eigenvalue weighted by Crippen LogP contribution is -2.58. The number of nitrogens with one attached hydrogen (secondary N) is 1. The van der Waals surface area contributed by atoms with E-state index in [9.17, 15) is 45.8 Å². The van der Waals surface area contributed by atoms with Gasteiger partial charge in [0.1, 0.15) is 23.6 Å². The molecule has 236 valence electrons. The third-order valence-corrected chi connectivity index (χ3v) is 7.35. The summed E-state index contributed by atoms with van der Waals surface area (Å²) in [6.45, 7) is -2.84. The normalized spacial score (nSPS) is 21.1. The van der Waals surface area contributed by atoms with E-state index in [-0.39, 0.29) is 46.5 Å². The number of amides is 3. The van der Waals surface area contributed by atoms with Crippen LogP contribution in [0.15, 0.2) is 24.7 Å². The monoisotopic (exact) mass is 630 g/mol. The molecule has 2 aliphatic heterocycles. The summed E-state index contributed by atoms with van der Waals surface area (Å²) in [6, 6.07) is 1.09. The predicted molar refractivity (Wildman–Crippen MR) is 137 cm³/mol. The molecule has 3 amide bonds. The third kappa shape index (κ3) is 5.20. The lowest BCUT2D eigenvalue weighted by atomic mass is 10.1. The summed E-state index contributed by atoms with van der Waals surface area (Å²) in [5.41, 5.74) is 2.15. The highest BCUT2D eigenvalue weighted by atomic mass is 19.4. The molecule has 5 heterocycles. The third-order valence-electron chi connectivity index (χ3n) is 7.35. The number of hydrogen-bond acceptors (Lipinski definition) is 9. The number of anilines is 1. The number of likely N-dealkylation sites (tertiary alicyclic amines) is 2. The lowest BCUT2D eigenvalue weighted by Gasteiger charge is -2.38. The summed E-state index contributed by atoms with van der Waals surface area (Å²) < 4.78 is 87.4. The van der Waals surface area contributed by atoms with Gasteiger partial charge in [0.05, 0.1) is 44.0 Å². The number of fused-ring (bicyclic) bond motifs is 1. The minimum atomic E-state index is -5.32. The molecule has 2 fully saturated rings. The van der Waals surface area contributed by atoms with Crippen molar-refractivity contribution >= 4 is 29.1 Å². The molecule has 3 aromatic heterocycles. The summed E-state index contributed by atoms with van der Waals surface area (Å²) >= 11 is 0. The summed E-state index contributed by atoms with van der Waals surface area (Å²) in [7, 11) is 1.19. The predicted octanol–water partition coefficient (Wildman–Crippen LogP) is 1.07. The number of methoxy groups -OCH3 is 1. The van der Waals surface area contributed by atoms with Crippen LogP contribution in [0.3, 0.4) is 0 Å². The van der Waals surface area contributed by atoms with Crippen LogP contribution in [0.4, 0.5) is 32.2 Å². The fraction of sp³-hybridized carbons (Fsp3) is 0.440. The van der Waals surface area contributed by atoms with Gasteiger partial charge in [-0.3, -0.25) is 14.4 Å². The average molecular weight is 631 g/mol. The zero-order valence-electron chi connectivity index (χ0n) is 22.9. The number of hydrogen-bond donors (Lipinski definition) is 3. The van der Waals surface area contributed by atoms with Crippen molar-refractivity contribution in [2.24, 2.45) is 0 Å². The van der Waals surface area contributed by atoms with Gasteiger partial charge in [-0.15, -0.1) is 0 Å². The maximum absolute atomic E-state index is 14.8. The van der Waals surface area contributed by atoms with Gasteiger partial charge >= 0.3 is 6.18 Å². The van der Waals surface area contributed by atoms with Crippen LogP contribution in [0.1, 0.15) is 27.6 Å². The van der Waals surface area contributed by atoms with E-state index in [0.29, 0.717) is 4.90 Å². The van der Waals surface area contributed by atoms with E-state index in [1.165, 1.54) is 30.0 Å². The van der Waals surface area contributed by atoms with Gasteiger partial charge in [-0.25, -0.2) is 27.7 Å². The molecule has 5 rings (SSSR count). The van der Waals surface area contributed by atoms with Gasteiger partial charge in [-0.05, 0) is 19.1 Å². The fourth-order valence-electron chi connectivity index (χ4n) is 4.92. The van der Waals surface area contributed by atoms with Crippen LogP contribution in [-0.4, -0.2) is 115 Å². The molecular weight excluding hydrogens is 606 g/mol. The number of carbonyl (C=O) groups is 3. The van der Waals surface area contributed by atoms with Crippen molar-refractivity contribution in [3.8, 4) is 17.1 Å². The number of carbonyl (C=O) groups excluding carboxylic acids is 3. The van der Waals surface area contributed by atoms with Crippen molar-refractivity contribution in [2.45, 2.75) is 36.8 Å². The summed E-state index contributed by atoms with van der Waals surface area (Å²) in [4.78, 5) is 47.9. The molecule has 3 atom stereocenters. The second kappa shape index (κ2) is 10.5. The van der Waals surface area contributed by atoms with E-state index in [2.05, 4.69) is 20.4 Å². The molecule has 3 aromatic rings. The maximum Gasteiger partial charge on any atom is 0.426 e. The van der Waals surface area contributed by atoms with Gasteiger partial charge < -0.3 is 30.7 Å². The molecule has 1 unspecified atom stereocenters. The Balaban J connectivity index is 1.44. The molecule has 0 aromatic carbocycles. The Bertz CT molecular complexity index is 1650. The highest BCUT2D eigenvalue weighted by Crippen LogP contribution is 2.35. The van der Waals surface area contributed by atoms with E-state index < -0.39 is 73.8 Å². The zero-order chi connectivity index (χ0) is 32.4. The van der Waals surface area contributed by atoms with Crippen LogP contribution in [0.5, 0.6) is 5.88 Å². The van der Waals surface area contributed by atoms with E-state index in [1.807, 2.05) is 0 Å². The number of pyridine rings is 1. The van der Waals surface area contributed by atoms with Gasteiger partial charge in [0.2, 0.25) is 11.5 Å². The zero-order valence-corrected chi connectivity index (χ0v) is 22.9. The maximum atomic E-state index is 14.8. The number of rotatable bonds is 6. The van der Waals surface area contributed by atoms with E-state index >= 15 is 0 Å². The van der Waals surface area contributed by atoms with Crippen LogP contribution in [0, 0.1) is 0 Å². The molecule has 0 saturated carbocycles. The summed E-state index contributed by atoms with van der Waals surface area (Å²) in [6.07, 6.45) is -4.98. The first kappa shape index (κ1) is 30.8. The number of ether oxygens (including phenoxy) is 1. The first-order valence-electron chi connectivity index (χ1n) is 12.8. The second-order valence-corrected chi connectivity index (χ2v) is 10.5. The van der Waals surface area contributed by atoms with Gasteiger partial charge in [-0.2, -0.15) is 18.3 Å². The SMILES string of the molecule is COc1ncc(-c2cc(C(=O)N3CC(F)(F)C3)c3c(N)ncnn23)cc1C(=O)N[C@@H]1CN(C(=O)C(C)(O)C(F)(F)F)C[C@@H]1F. The minimum absolute atomic E-state index is 0.00950. The van der Waals surface area contributed by atoms with Crippen molar-refractivity contribution in [2.75, 3.05) is 39.0 Å². The van der Waals surface area contributed by atoms with Crippen LogP contribution < -0.4 is 15.8 Å². The van der Waals surface area contributed by atoms with Crippen LogP contribution >= 0.6 is 0 Å². The molecule has 13 nitrogen and oxygen atoms in total. The molecular formula is C25H24F6N8O5. The first-order valence-corrected chi connectivity index (χ1v) is 12.8. The number of nitrogens with two attached hydrogens (primary N) is 1.